The topological polar surface area (TPSA) is 57.0 Å². The Morgan fingerprint density at radius 3 is 2.76 bits per heavy atom. The summed E-state index contributed by atoms with van der Waals surface area (Å²) in [5.41, 5.74) is 1.77. The second kappa shape index (κ2) is 5.25. The van der Waals surface area contributed by atoms with E-state index < -0.39 is 0 Å². The first kappa shape index (κ1) is 11.3. The van der Waals surface area contributed by atoms with E-state index >= 15 is 0 Å². The van der Waals surface area contributed by atoms with E-state index in [-0.39, 0.29) is 0 Å². The van der Waals surface area contributed by atoms with Crippen molar-refractivity contribution >= 4 is 6.29 Å². The van der Waals surface area contributed by atoms with Gasteiger partial charge in [-0.2, -0.15) is 0 Å². The van der Waals surface area contributed by atoms with Gasteiger partial charge in [0.1, 0.15) is 17.7 Å². The molecule has 0 N–H and O–H groups in total. The van der Waals surface area contributed by atoms with Crippen LogP contribution in [-0.2, 0) is 11.3 Å². The third-order valence-corrected chi connectivity index (χ3v) is 2.40. The summed E-state index contributed by atoms with van der Waals surface area (Å²) in [6.07, 6.45) is 3.14. The van der Waals surface area contributed by atoms with Crippen LogP contribution in [0.15, 0.2) is 30.5 Å². The van der Waals surface area contributed by atoms with Gasteiger partial charge in [-0.15, -0.1) is 5.10 Å². The van der Waals surface area contributed by atoms with Crippen molar-refractivity contribution in [1.29, 1.82) is 0 Å². The van der Waals surface area contributed by atoms with Gasteiger partial charge in [0.25, 0.3) is 0 Å². The molecule has 0 aliphatic heterocycles. The number of ether oxygens (including phenoxy) is 1. The van der Waals surface area contributed by atoms with Crippen LogP contribution in [0.25, 0.3) is 11.3 Å². The van der Waals surface area contributed by atoms with E-state index in [0.29, 0.717) is 13.0 Å². The van der Waals surface area contributed by atoms with Crippen molar-refractivity contribution in [3.8, 4) is 17.0 Å². The molecular formula is C12H13N3O2. The molecule has 2 aromatic rings. The van der Waals surface area contributed by atoms with Gasteiger partial charge < -0.3 is 9.53 Å². The Morgan fingerprint density at radius 1 is 1.35 bits per heavy atom. The first-order chi connectivity index (χ1) is 8.33. The molecule has 0 atom stereocenters. The van der Waals surface area contributed by atoms with E-state index in [1.807, 2.05) is 30.5 Å². The summed E-state index contributed by atoms with van der Waals surface area (Å²) in [5.74, 6) is 0.807. The van der Waals surface area contributed by atoms with E-state index in [4.69, 9.17) is 4.74 Å². The minimum Gasteiger partial charge on any atom is -0.497 e. The zero-order chi connectivity index (χ0) is 12.1. The maximum absolute atomic E-state index is 10.3. The quantitative estimate of drug-likeness (QED) is 0.732. The fourth-order valence-corrected chi connectivity index (χ4v) is 1.49. The van der Waals surface area contributed by atoms with Crippen LogP contribution >= 0.6 is 0 Å². The summed E-state index contributed by atoms with van der Waals surface area (Å²) < 4.78 is 6.74. The highest BCUT2D eigenvalue weighted by Gasteiger charge is 2.03. The standard InChI is InChI=1S/C12H13N3O2/c1-17-11-5-3-10(4-6-11)12-9-15(14-13-12)7-2-8-16/h3-6,8-9H,2,7H2,1H3. The number of aromatic nitrogens is 3. The highest BCUT2D eigenvalue weighted by Crippen LogP contribution is 2.19. The number of nitrogens with zero attached hydrogens (tertiary/aromatic N) is 3. The van der Waals surface area contributed by atoms with Crippen LogP contribution in [0.3, 0.4) is 0 Å². The van der Waals surface area contributed by atoms with Gasteiger partial charge in [-0.25, -0.2) is 0 Å². The van der Waals surface area contributed by atoms with Gasteiger partial charge in [0, 0.05) is 18.5 Å². The molecule has 5 nitrogen and oxygen atoms in total. The molecule has 17 heavy (non-hydrogen) atoms. The lowest BCUT2D eigenvalue weighted by atomic mass is 10.2. The largest absolute Gasteiger partial charge is 0.497 e. The smallest absolute Gasteiger partial charge is 0.121 e. The number of carbonyl (C=O) groups is 1. The Hall–Kier alpha value is -2.17. The molecule has 88 valence electrons. The number of aryl methyl sites for hydroxylation is 1. The van der Waals surface area contributed by atoms with Crippen LogP contribution in [0.4, 0.5) is 0 Å². The highest BCUT2D eigenvalue weighted by atomic mass is 16.5. The Balaban J connectivity index is 2.15. The van der Waals surface area contributed by atoms with Gasteiger partial charge in [-0.1, -0.05) is 5.21 Å². The number of hydrogen-bond donors (Lipinski definition) is 0. The van der Waals surface area contributed by atoms with E-state index in [1.165, 1.54) is 0 Å². The van der Waals surface area contributed by atoms with Crippen molar-refractivity contribution in [3.63, 3.8) is 0 Å². The van der Waals surface area contributed by atoms with Gasteiger partial charge in [0.2, 0.25) is 0 Å². The van der Waals surface area contributed by atoms with E-state index in [0.717, 1.165) is 23.3 Å². The van der Waals surface area contributed by atoms with Crippen LogP contribution in [0.2, 0.25) is 0 Å². The van der Waals surface area contributed by atoms with Crippen LogP contribution in [0.1, 0.15) is 6.42 Å². The van der Waals surface area contributed by atoms with E-state index in [2.05, 4.69) is 10.3 Å². The Labute approximate surface area is 99.0 Å². The molecule has 0 saturated carbocycles. The average molecular weight is 231 g/mol. The summed E-state index contributed by atoms with van der Waals surface area (Å²) in [7, 11) is 1.63. The SMILES string of the molecule is COc1ccc(-c2cn(CCC=O)nn2)cc1. The molecular weight excluding hydrogens is 218 g/mol. The van der Waals surface area contributed by atoms with Gasteiger partial charge in [0.15, 0.2) is 0 Å². The summed E-state index contributed by atoms with van der Waals surface area (Å²) in [6.45, 7) is 0.562. The maximum atomic E-state index is 10.3. The molecule has 0 amide bonds. The Kier molecular flexibility index (Phi) is 3.49. The molecule has 5 heteroatoms. The van der Waals surface area contributed by atoms with Crippen molar-refractivity contribution in [2.75, 3.05) is 7.11 Å². The average Bonchev–Trinajstić information content (AvgIpc) is 2.85. The van der Waals surface area contributed by atoms with Gasteiger partial charge in [-0.3, -0.25) is 4.68 Å². The van der Waals surface area contributed by atoms with Crippen LogP contribution in [-0.4, -0.2) is 28.4 Å². The number of aldehydes is 1. The zero-order valence-electron chi connectivity index (χ0n) is 9.54. The van der Waals surface area contributed by atoms with Gasteiger partial charge in [0.05, 0.1) is 13.3 Å². The van der Waals surface area contributed by atoms with Gasteiger partial charge in [-0.05, 0) is 24.3 Å². The highest BCUT2D eigenvalue weighted by molar-refractivity contribution is 5.58. The molecule has 0 aliphatic carbocycles. The van der Waals surface area contributed by atoms with Crippen LogP contribution in [0, 0.1) is 0 Å². The number of carbonyl (C=O) groups excluding carboxylic acids is 1. The second-order valence-corrected chi connectivity index (χ2v) is 3.55. The van der Waals surface area contributed by atoms with Crippen molar-refractivity contribution in [2.24, 2.45) is 0 Å². The van der Waals surface area contributed by atoms with Crippen molar-refractivity contribution in [1.82, 2.24) is 15.0 Å². The molecule has 1 aromatic carbocycles. The monoisotopic (exact) mass is 231 g/mol. The minimum absolute atomic E-state index is 0.450. The third kappa shape index (κ3) is 2.69. The maximum Gasteiger partial charge on any atom is 0.121 e. The minimum atomic E-state index is 0.450. The molecule has 0 spiro atoms. The number of methoxy groups -OCH3 is 1. The predicted octanol–water partition coefficient (Wildman–Crippen LogP) is 1.54. The third-order valence-electron chi connectivity index (χ3n) is 2.40. The van der Waals surface area contributed by atoms with Crippen molar-refractivity contribution in [3.05, 3.63) is 30.5 Å². The summed E-state index contributed by atoms with van der Waals surface area (Å²) in [4.78, 5) is 10.3. The van der Waals surface area contributed by atoms with Crippen molar-refractivity contribution in [2.45, 2.75) is 13.0 Å². The van der Waals surface area contributed by atoms with Gasteiger partial charge >= 0.3 is 0 Å². The molecule has 0 radical (unpaired) electrons. The van der Waals surface area contributed by atoms with Crippen LogP contribution < -0.4 is 4.74 Å². The number of rotatable bonds is 5. The van der Waals surface area contributed by atoms with Crippen LogP contribution in [0.5, 0.6) is 5.75 Å². The number of hydrogen-bond acceptors (Lipinski definition) is 4. The Morgan fingerprint density at radius 2 is 2.12 bits per heavy atom. The molecule has 0 saturated heterocycles. The first-order valence-electron chi connectivity index (χ1n) is 5.31. The fraction of sp³-hybridized carbons (Fsp3) is 0.250. The second-order valence-electron chi connectivity index (χ2n) is 3.55. The van der Waals surface area contributed by atoms with E-state index in [1.54, 1.807) is 11.8 Å². The normalized spacial score (nSPS) is 10.2. The summed E-state index contributed by atoms with van der Waals surface area (Å²) in [6, 6.07) is 7.60. The fourth-order valence-electron chi connectivity index (χ4n) is 1.49. The lowest BCUT2D eigenvalue weighted by Crippen LogP contribution is -1.98. The van der Waals surface area contributed by atoms with E-state index in [9.17, 15) is 4.79 Å². The molecule has 1 heterocycles. The molecule has 0 unspecified atom stereocenters. The summed E-state index contributed by atoms with van der Waals surface area (Å²) in [5, 5.41) is 8.00. The van der Waals surface area contributed by atoms with Crippen molar-refractivity contribution < 1.29 is 9.53 Å². The Bertz CT molecular complexity index is 491. The molecule has 0 aliphatic rings. The summed E-state index contributed by atoms with van der Waals surface area (Å²) >= 11 is 0. The molecule has 2 rings (SSSR count). The molecule has 0 fully saturated rings. The molecule has 0 bridgehead atoms. The first-order valence-corrected chi connectivity index (χ1v) is 5.31. The lowest BCUT2D eigenvalue weighted by molar-refractivity contribution is -0.108. The lowest BCUT2D eigenvalue weighted by Gasteiger charge is -1.99. The number of benzene rings is 1. The predicted molar refractivity (Wildman–Crippen MR) is 62.7 cm³/mol. The zero-order valence-corrected chi connectivity index (χ0v) is 9.54. The molecule has 1 aromatic heterocycles.